The Morgan fingerprint density at radius 1 is 0.875 bits per heavy atom. The first kappa shape index (κ1) is 25.5. The van der Waals surface area contributed by atoms with Gasteiger partial charge in [-0.3, -0.25) is 14.3 Å². The molecule has 0 spiro atoms. The Kier molecular flexibility index (Phi) is 6.43. The van der Waals surface area contributed by atoms with Crippen LogP contribution in [-0.4, -0.2) is 32.2 Å². The summed E-state index contributed by atoms with van der Waals surface area (Å²) in [7, 11) is 1.84. The zero-order valence-corrected chi connectivity index (χ0v) is 23.5. The molecule has 8 nitrogen and oxygen atoms in total. The van der Waals surface area contributed by atoms with Crippen LogP contribution < -0.4 is 15.3 Å². The van der Waals surface area contributed by atoms with Crippen molar-refractivity contribution in [1.82, 2.24) is 14.0 Å². The fraction of sp³-hybridized carbons (Fsp3) is 0.161. The van der Waals surface area contributed by atoms with Crippen LogP contribution in [0.5, 0.6) is 0 Å². The minimum absolute atomic E-state index is 0.162. The summed E-state index contributed by atoms with van der Waals surface area (Å²) in [5, 5.41) is 6.89. The SMILES string of the molecule is CCN1C(=O)C(=Nn2c(-c3ccc(C)cc3)csc2=Nc2c(C)n(C)n(-c3ccccc3)c2=O)c2ccccc21. The highest BCUT2D eigenvalue weighted by Gasteiger charge is 2.33. The van der Waals surface area contributed by atoms with Crippen molar-refractivity contribution in [2.45, 2.75) is 20.8 Å². The lowest BCUT2D eigenvalue weighted by molar-refractivity contribution is -0.112. The van der Waals surface area contributed by atoms with E-state index in [9.17, 15) is 9.59 Å². The van der Waals surface area contributed by atoms with Crippen molar-refractivity contribution >= 4 is 34.3 Å². The first-order valence-corrected chi connectivity index (χ1v) is 13.9. The lowest BCUT2D eigenvalue weighted by Gasteiger charge is -2.13. The molecule has 200 valence electrons. The van der Waals surface area contributed by atoms with E-state index in [-0.39, 0.29) is 11.5 Å². The van der Waals surface area contributed by atoms with Crippen molar-refractivity contribution in [3.8, 4) is 16.9 Å². The summed E-state index contributed by atoms with van der Waals surface area (Å²) in [4.78, 5) is 34.2. The largest absolute Gasteiger partial charge is 0.307 e. The highest BCUT2D eigenvalue weighted by molar-refractivity contribution is 7.07. The van der Waals surface area contributed by atoms with Gasteiger partial charge in [-0.2, -0.15) is 5.10 Å². The predicted molar refractivity (Wildman–Crippen MR) is 160 cm³/mol. The first-order chi connectivity index (χ1) is 19.4. The highest BCUT2D eigenvalue weighted by Crippen LogP contribution is 2.30. The minimum atomic E-state index is -0.227. The van der Waals surface area contributed by atoms with Gasteiger partial charge in [0, 0.05) is 30.1 Å². The molecule has 0 fully saturated rings. The molecule has 0 saturated heterocycles. The molecule has 0 aliphatic carbocycles. The Morgan fingerprint density at radius 3 is 2.30 bits per heavy atom. The van der Waals surface area contributed by atoms with Gasteiger partial charge in [0.2, 0.25) is 4.80 Å². The van der Waals surface area contributed by atoms with E-state index in [1.54, 1.807) is 18.9 Å². The summed E-state index contributed by atoms with van der Waals surface area (Å²) in [5.74, 6) is -0.162. The van der Waals surface area contributed by atoms with Gasteiger partial charge in [0.05, 0.1) is 22.8 Å². The second-order valence-electron chi connectivity index (χ2n) is 9.62. The minimum Gasteiger partial charge on any atom is -0.307 e. The number of nitrogens with zero attached hydrogens (tertiary/aromatic N) is 6. The number of anilines is 1. The molecular weight excluding hydrogens is 520 g/mol. The van der Waals surface area contributed by atoms with Crippen molar-refractivity contribution in [2.75, 3.05) is 11.4 Å². The Hall–Kier alpha value is -4.76. The maximum absolute atomic E-state index is 13.6. The number of aryl methyl sites for hydroxylation is 1. The number of aromatic nitrogens is 3. The zero-order valence-electron chi connectivity index (χ0n) is 22.7. The van der Waals surface area contributed by atoms with Crippen LogP contribution in [0.15, 0.2) is 99.1 Å². The maximum atomic E-state index is 13.6. The molecule has 3 heterocycles. The molecule has 40 heavy (non-hydrogen) atoms. The van der Waals surface area contributed by atoms with Crippen LogP contribution in [0.3, 0.4) is 0 Å². The molecule has 0 N–H and O–H groups in total. The lowest BCUT2D eigenvalue weighted by Crippen LogP contribution is -2.30. The second-order valence-corrected chi connectivity index (χ2v) is 10.5. The average molecular weight is 549 g/mol. The van der Waals surface area contributed by atoms with Gasteiger partial charge in [0.25, 0.3) is 11.5 Å². The fourth-order valence-corrected chi connectivity index (χ4v) is 5.78. The van der Waals surface area contributed by atoms with Gasteiger partial charge >= 0.3 is 0 Å². The van der Waals surface area contributed by atoms with Crippen LogP contribution in [0.4, 0.5) is 11.4 Å². The molecule has 5 aromatic rings. The first-order valence-electron chi connectivity index (χ1n) is 13.1. The average Bonchev–Trinajstić information content (AvgIpc) is 3.56. The van der Waals surface area contributed by atoms with Crippen LogP contribution in [0, 0.1) is 13.8 Å². The second kappa shape index (κ2) is 10.1. The molecule has 0 radical (unpaired) electrons. The van der Waals surface area contributed by atoms with E-state index in [4.69, 9.17) is 10.1 Å². The maximum Gasteiger partial charge on any atom is 0.297 e. The van der Waals surface area contributed by atoms with Crippen LogP contribution in [0.25, 0.3) is 16.9 Å². The summed E-state index contributed by atoms with van der Waals surface area (Å²) < 4.78 is 5.10. The van der Waals surface area contributed by atoms with E-state index in [1.165, 1.54) is 11.3 Å². The summed E-state index contributed by atoms with van der Waals surface area (Å²) in [6, 6.07) is 25.3. The lowest BCUT2D eigenvalue weighted by atomic mass is 10.1. The molecule has 0 atom stereocenters. The monoisotopic (exact) mass is 548 g/mol. The van der Waals surface area contributed by atoms with E-state index in [2.05, 4.69) is 0 Å². The number of hydrogen-bond donors (Lipinski definition) is 0. The molecule has 9 heteroatoms. The number of carbonyl (C=O) groups excluding carboxylic acids is 1. The highest BCUT2D eigenvalue weighted by atomic mass is 32.1. The van der Waals surface area contributed by atoms with Crippen LogP contribution in [0.1, 0.15) is 23.7 Å². The number of hydrogen-bond acceptors (Lipinski definition) is 5. The van der Waals surface area contributed by atoms with Crippen molar-refractivity contribution < 1.29 is 4.79 Å². The predicted octanol–water partition coefficient (Wildman–Crippen LogP) is 5.17. The summed E-state index contributed by atoms with van der Waals surface area (Å²) in [5.41, 5.74) is 6.39. The van der Waals surface area contributed by atoms with Crippen molar-refractivity contribution in [3.05, 3.63) is 116 Å². The Bertz CT molecular complexity index is 1910. The number of para-hydroxylation sites is 2. The topological polar surface area (TPSA) is 76.9 Å². The van der Waals surface area contributed by atoms with E-state index in [0.717, 1.165) is 39.5 Å². The molecule has 1 aliphatic heterocycles. The Morgan fingerprint density at radius 2 is 1.57 bits per heavy atom. The van der Waals surface area contributed by atoms with Crippen molar-refractivity contribution in [1.29, 1.82) is 0 Å². The summed E-state index contributed by atoms with van der Waals surface area (Å²) >= 11 is 1.38. The third kappa shape index (κ3) is 4.15. The normalized spacial score (nSPS) is 14.4. The smallest absolute Gasteiger partial charge is 0.297 e. The van der Waals surface area contributed by atoms with Gasteiger partial charge in [0.1, 0.15) is 0 Å². The Labute approximate surface area is 235 Å². The molecule has 1 aliphatic rings. The summed E-state index contributed by atoms with van der Waals surface area (Å²) in [6.07, 6.45) is 0. The van der Waals surface area contributed by atoms with Gasteiger partial charge in [-0.25, -0.2) is 14.4 Å². The summed E-state index contributed by atoms with van der Waals surface area (Å²) in [6.45, 7) is 6.40. The number of thiazole rings is 1. The van der Waals surface area contributed by atoms with Crippen molar-refractivity contribution in [2.24, 2.45) is 17.1 Å². The van der Waals surface area contributed by atoms with Gasteiger partial charge in [-0.15, -0.1) is 11.3 Å². The number of amides is 1. The zero-order chi connectivity index (χ0) is 28.0. The number of benzene rings is 3. The van der Waals surface area contributed by atoms with Gasteiger partial charge in [-0.05, 0) is 39.0 Å². The van der Waals surface area contributed by atoms with E-state index >= 15 is 0 Å². The fourth-order valence-electron chi connectivity index (χ4n) is 4.95. The van der Waals surface area contributed by atoms with E-state index < -0.39 is 0 Å². The quantitative estimate of drug-likeness (QED) is 0.304. The van der Waals surface area contributed by atoms with Crippen LogP contribution in [-0.2, 0) is 11.8 Å². The Balaban J connectivity index is 1.60. The number of likely N-dealkylation sites (N-methyl/N-ethyl adjacent to an activating group) is 1. The van der Waals surface area contributed by atoms with E-state index in [1.807, 2.05) is 112 Å². The molecule has 6 rings (SSSR count). The molecular formula is C31H28N6O2S. The van der Waals surface area contributed by atoms with E-state index in [0.29, 0.717) is 22.7 Å². The number of carbonyl (C=O) groups is 1. The van der Waals surface area contributed by atoms with Crippen LogP contribution >= 0.6 is 11.3 Å². The van der Waals surface area contributed by atoms with Gasteiger partial charge < -0.3 is 4.90 Å². The number of fused-ring (bicyclic) bond motifs is 1. The van der Waals surface area contributed by atoms with Gasteiger partial charge in [0.15, 0.2) is 11.4 Å². The standard InChI is InChI=1S/C31H28N6O2S/c1-5-35-25-14-10-9-13-24(25)28(29(35)38)33-36-26(22-17-15-20(2)16-18-22)19-40-31(36)32-27-21(3)34(4)37(30(27)39)23-11-7-6-8-12-23/h6-19H,5H2,1-4H3. The molecule has 2 aromatic heterocycles. The number of rotatable bonds is 5. The molecule has 1 amide bonds. The molecule has 3 aromatic carbocycles. The third-order valence-electron chi connectivity index (χ3n) is 7.18. The van der Waals surface area contributed by atoms with Gasteiger partial charge in [-0.1, -0.05) is 66.2 Å². The van der Waals surface area contributed by atoms with Crippen molar-refractivity contribution in [3.63, 3.8) is 0 Å². The third-order valence-corrected chi connectivity index (χ3v) is 7.99. The molecule has 0 saturated carbocycles. The molecule has 0 unspecified atom stereocenters. The molecule has 0 bridgehead atoms. The van der Waals surface area contributed by atoms with Crippen LogP contribution in [0.2, 0.25) is 0 Å².